The van der Waals surface area contributed by atoms with E-state index >= 15 is 0 Å². The summed E-state index contributed by atoms with van der Waals surface area (Å²) >= 11 is 0. The van der Waals surface area contributed by atoms with Crippen LogP contribution in [0.5, 0.6) is 0 Å². The van der Waals surface area contributed by atoms with Gasteiger partial charge in [-0.3, -0.25) is 9.59 Å². The fourth-order valence-corrected chi connectivity index (χ4v) is 3.79. The smallest absolute Gasteiger partial charge is 0.312 e. The number of carbonyl (C=O) groups excluding carboxylic acids is 2. The minimum atomic E-state index is -0.290. The van der Waals surface area contributed by atoms with Crippen molar-refractivity contribution in [2.45, 2.75) is 58.0 Å². The standard InChI is InChI=1S/C14H22O4/c1-10(15)18-12-11(13(16)17-2)6-5-9-14(12)7-3-4-8-14/h11-12H,3-9H2,1-2H3. The molecule has 0 saturated heterocycles. The molecule has 0 aromatic rings. The molecule has 2 aliphatic carbocycles. The van der Waals surface area contributed by atoms with Crippen LogP contribution in [-0.4, -0.2) is 25.2 Å². The minimum Gasteiger partial charge on any atom is -0.469 e. The van der Waals surface area contributed by atoms with Crippen molar-refractivity contribution in [3.63, 3.8) is 0 Å². The maximum Gasteiger partial charge on any atom is 0.312 e. The van der Waals surface area contributed by atoms with Gasteiger partial charge in [-0.25, -0.2) is 0 Å². The maximum absolute atomic E-state index is 11.9. The summed E-state index contributed by atoms with van der Waals surface area (Å²) in [5.74, 6) is -0.792. The molecule has 0 aliphatic heterocycles. The third-order valence-electron chi connectivity index (χ3n) is 4.56. The highest BCUT2D eigenvalue weighted by Crippen LogP contribution is 2.52. The zero-order chi connectivity index (χ0) is 13.2. The predicted octanol–water partition coefficient (Wildman–Crippen LogP) is 2.45. The van der Waals surface area contributed by atoms with Crippen molar-refractivity contribution >= 4 is 11.9 Å². The van der Waals surface area contributed by atoms with Crippen LogP contribution >= 0.6 is 0 Å². The number of hydrogen-bond donors (Lipinski definition) is 0. The average Bonchev–Trinajstić information content (AvgIpc) is 2.80. The highest BCUT2D eigenvalue weighted by atomic mass is 16.6. The van der Waals surface area contributed by atoms with Crippen LogP contribution in [0.1, 0.15) is 51.9 Å². The van der Waals surface area contributed by atoms with Gasteiger partial charge in [0.25, 0.3) is 0 Å². The topological polar surface area (TPSA) is 52.6 Å². The molecule has 102 valence electrons. The Kier molecular flexibility index (Phi) is 3.93. The van der Waals surface area contributed by atoms with Gasteiger partial charge in [-0.15, -0.1) is 0 Å². The van der Waals surface area contributed by atoms with Crippen LogP contribution in [0.15, 0.2) is 0 Å². The molecule has 0 radical (unpaired) electrons. The van der Waals surface area contributed by atoms with E-state index in [1.54, 1.807) is 0 Å². The van der Waals surface area contributed by atoms with Gasteiger partial charge >= 0.3 is 11.9 Å². The lowest BCUT2D eigenvalue weighted by Crippen LogP contribution is -2.48. The third kappa shape index (κ3) is 2.38. The second-order valence-electron chi connectivity index (χ2n) is 5.62. The monoisotopic (exact) mass is 254 g/mol. The van der Waals surface area contributed by atoms with Crippen LogP contribution in [-0.2, 0) is 19.1 Å². The second kappa shape index (κ2) is 5.29. The molecule has 2 saturated carbocycles. The molecule has 0 amide bonds. The third-order valence-corrected chi connectivity index (χ3v) is 4.56. The Bertz CT molecular complexity index is 331. The zero-order valence-corrected chi connectivity index (χ0v) is 11.2. The summed E-state index contributed by atoms with van der Waals surface area (Å²) in [4.78, 5) is 23.2. The number of ether oxygens (including phenoxy) is 2. The summed E-state index contributed by atoms with van der Waals surface area (Å²) in [5, 5.41) is 0. The zero-order valence-electron chi connectivity index (χ0n) is 11.2. The van der Waals surface area contributed by atoms with Crippen LogP contribution in [0.25, 0.3) is 0 Å². The van der Waals surface area contributed by atoms with Crippen LogP contribution in [0.3, 0.4) is 0 Å². The first-order chi connectivity index (χ1) is 8.59. The van der Waals surface area contributed by atoms with E-state index in [9.17, 15) is 9.59 Å². The molecular formula is C14H22O4. The first kappa shape index (κ1) is 13.4. The minimum absolute atomic E-state index is 0.0305. The van der Waals surface area contributed by atoms with Crippen LogP contribution in [0.4, 0.5) is 0 Å². The van der Waals surface area contributed by atoms with Gasteiger partial charge < -0.3 is 9.47 Å². The summed E-state index contributed by atoms with van der Waals surface area (Å²) in [7, 11) is 1.41. The molecule has 2 atom stereocenters. The molecule has 1 spiro atoms. The second-order valence-corrected chi connectivity index (χ2v) is 5.62. The molecule has 0 aromatic carbocycles. The fraction of sp³-hybridized carbons (Fsp3) is 0.857. The van der Waals surface area contributed by atoms with E-state index in [1.807, 2.05) is 0 Å². The normalized spacial score (nSPS) is 30.1. The Balaban J connectivity index is 2.23. The Hall–Kier alpha value is -1.06. The summed E-state index contributed by atoms with van der Waals surface area (Å²) in [5.41, 5.74) is 0.0305. The van der Waals surface area contributed by atoms with Crippen LogP contribution < -0.4 is 0 Å². The van der Waals surface area contributed by atoms with Crippen molar-refractivity contribution < 1.29 is 19.1 Å². The Morgan fingerprint density at radius 2 is 1.72 bits per heavy atom. The van der Waals surface area contributed by atoms with E-state index in [0.29, 0.717) is 0 Å². The van der Waals surface area contributed by atoms with Crippen molar-refractivity contribution in [1.29, 1.82) is 0 Å². The maximum atomic E-state index is 11.9. The van der Waals surface area contributed by atoms with Gasteiger partial charge in [0.1, 0.15) is 6.10 Å². The van der Waals surface area contributed by atoms with Gasteiger partial charge in [0.2, 0.25) is 0 Å². The van der Waals surface area contributed by atoms with E-state index in [2.05, 4.69) is 0 Å². The molecule has 0 heterocycles. The van der Waals surface area contributed by atoms with Gasteiger partial charge in [0.05, 0.1) is 13.0 Å². The van der Waals surface area contributed by atoms with Crippen molar-refractivity contribution in [2.75, 3.05) is 7.11 Å². The molecule has 2 rings (SSSR count). The SMILES string of the molecule is COC(=O)C1CCCC2(CCCC2)C1OC(C)=O. The largest absolute Gasteiger partial charge is 0.469 e. The summed E-state index contributed by atoms with van der Waals surface area (Å²) in [6.45, 7) is 1.42. The Morgan fingerprint density at radius 1 is 1.11 bits per heavy atom. The molecule has 2 fully saturated rings. The van der Waals surface area contributed by atoms with Gasteiger partial charge in [-0.2, -0.15) is 0 Å². The first-order valence-electron chi connectivity index (χ1n) is 6.84. The number of methoxy groups -OCH3 is 1. The molecule has 0 aromatic heterocycles. The Labute approximate surface area is 108 Å². The van der Waals surface area contributed by atoms with Crippen molar-refractivity contribution in [2.24, 2.45) is 11.3 Å². The molecule has 2 aliphatic rings. The van der Waals surface area contributed by atoms with Crippen molar-refractivity contribution in [3.8, 4) is 0 Å². The van der Waals surface area contributed by atoms with E-state index < -0.39 is 0 Å². The number of esters is 2. The molecule has 4 nitrogen and oxygen atoms in total. The van der Waals surface area contributed by atoms with Crippen molar-refractivity contribution in [1.82, 2.24) is 0 Å². The lowest BCUT2D eigenvalue weighted by atomic mass is 9.66. The predicted molar refractivity (Wildman–Crippen MR) is 65.8 cm³/mol. The van der Waals surface area contributed by atoms with Gasteiger partial charge in [0, 0.05) is 12.3 Å². The number of carbonyl (C=O) groups is 2. The van der Waals surface area contributed by atoms with Gasteiger partial charge in [-0.05, 0) is 25.7 Å². The lowest BCUT2D eigenvalue weighted by molar-refractivity contribution is -0.174. The molecule has 0 N–H and O–H groups in total. The lowest BCUT2D eigenvalue weighted by Gasteiger charge is -2.44. The summed E-state index contributed by atoms with van der Waals surface area (Å²) < 4.78 is 10.4. The quantitative estimate of drug-likeness (QED) is 0.710. The molecular weight excluding hydrogens is 232 g/mol. The fourth-order valence-electron chi connectivity index (χ4n) is 3.79. The van der Waals surface area contributed by atoms with E-state index in [-0.39, 0.29) is 29.4 Å². The Morgan fingerprint density at radius 3 is 2.28 bits per heavy atom. The molecule has 4 heteroatoms. The molecule has 18 heavy (non-hydrogen) atoms. The summed E-state index contributed by atoms with van der Waals surface area (Å²) in [6.07, 6.45) is 7.06. The van der Waals surface area contributed by atoms with Crippen LogP contribution in [0, 0.1) is 11.3 Å². The highest BCUT2D eigenvalue weighted by molar-refractivity contribution is 5.74. The van der Waals surface area contributed by atoms with E-state index in [0.717, 1.165) is 32.1 Å². The number of hydrogen-bond acceptors (Lipinski definition) is 4. The molecule has 0 bridgehead atoms. The van der Waals surface area contributed by atoms with Crippen molar-refractivity contribution in [3.05, 3.63) is 0 Å². The van der Waals surface area contributed by atoms with E-state index in [4.69, 9.17) is 9.47 Å². The number of rotatable bonds is 2. The molecule has 2 unspecified atom stereocenters. The van der Waals surface area contributed by atoms with Gasteiger partial charge in [0.15, 0.2) is 0 Å². The van der Waals surface area contributed by atoms with Crippen LogP contribution in [0.2, 0.25) is 0 Å². The average molecular weight is 254 g/mol. The highest BCUT2D eigenvalue weighted by Gasteiger charge is 2.51. The first-order valence-corrected chi connectivity index (χ1v) is 6.84. The van der Waals surface area contributed by atoms with E-state index in [1.165, 1.54) is 26.9 Å². The van der Waals surface area contributed by atoms with Gasteiger partial charge in [-0.1, -0.05) is 19.3 Å². The summed E-state index contributed by atoms with van der Waals surface area (Å²) in [6, 6.07) is 0.